The summed E-state index contributed by atoms with van der Waals surface area (Å²) in [6, 6.07) is 0. The van der Waals surface area contributed by atoms with Gasteiger partial charge in [-0.3, -0.25) is 0 Å². The van der Waals surface area contributed by atoms with Crippen LogP contribution in [-0.2, 0) is 8.85 Å². The van der Waals surface area contributed by atoms with Crippen LogP contribution in [0, 0.1) is 0 Å². The maximum absolute atomic E-state index is 6.34. The van der Waals surface area contributed by atoms with E-state index < -0.39 is 16.6 Å². The molecule has 4 heteroatoms. The summed E-state index contributed by atoms with van der Waals surface area (Å²) in [4.78, 5) is 0. The highest BCUT2D eigenvalue weighted by Crippen LogP contribution is 2.28. The summed E-state index contributed by atoms with van der Waals surface area (Å²) in [5, 5.41) is 0. The maximum atomic E-state index is 6.34. The Bertz CT molecular complexity index is 281. The van der Waals surface area contributed by atoms with Gasteiger partial charge in [-0.15, -0.1) is 0 Å². The second-order valence-corrected chi connectivity index (χ2v) is 16.4. The second kappa shape index (κ2) is 6.98. The van der Waals surface area contributed by atoms with E-state index in [4.69, 9.17) is 8.85 Å². The molecule has 0 aromatic heterocycles. The molecule has 0 amide bonds. The van der Waals surface area contributed by atoms with Gasteiger partial charge in [0, 0.05) is 12.8 Å². The van der Waals surface area contributed by atoms with E-state index in [1.165, 1.54) is 43.6 Å². The third kappa shape index (κ3) is 7.82. The van der Waals surface area contributed by atoms with Crippen molar-refractivity contribution >= 4 is 16.6 Å². The third-order valence-corrected chi connectivity index (χ3v) is 4.69. The maximum Gasteiger partial charge on any atom is 0.241 e. The average molecular weight is 301 g/mol. The lowest BCUT2D eigenvalue weighted by atomic mass is 10.1. The highest BCUT2D eigenvalue weighted by atomic mass is 28.4. The van der Waals surface area contributed by atoms with Gasteiger partial charge in [0.05, 0.1) is 0 Å². The summed E-state index contributed by atoms with van der Waals surface area (Å²) in [5.74, 6) is 2.37. The first-order chi connectivity index (χ1) is 8.67. The topological polar surface area (TPSA) is 18.5 Å². The molecule has 0 unspecified atom stereocenters. The minimum Gasteiger partial charge on any atom is -0.545 e. The Kier molecular flexibility index (Phi) is 6.18. The van der Waals surface area contributed by atoms with Crippen LogP contribution >= 0.6 is 0 Å². The predicted octanol–water partition coefficient (Wildman–Crippen LogP) is 5.65. The van der Waals surface area contributed by atoms with E-state index in [0.29, 0.717) is 0 Å². The fourth-order valence-corrected chi connectivity index (χ4v) is 4.25. The van der Waals surface area contributed by atoms with Crippen LogP contribution in [0.5, 0.6) is 0 Å². The smallest absolute Gasteiger partial charge is 0.241 e. The van der Waals surface area contributed by atoms with E-state index in [9.17, 15) is 0 Å². The molecule has 0 saturated heterocycles. The Morgan fingerprint density at radius 1 is 0.579 bits per heavy atom. The predicted molar refractivity (Wildman–Crippen MR) is 88.2 cm³/mol. The molecule has 0 N–H and O–H groups in total. The van der Waals surface area contributed by atoms with E-state index in [-0.39, 0.29) is 0 Å². The van der Waals surface area contributed by atoms with Gasteiger partial charge in [-0.1, -0.05) is 19.3 Å². The molecule has 112 valence electrons. The normalized spacial score (nSPS) is 23.3. The van der Waals surface area contributed by atoms with Crippen molar-refractivity contribution in [1.29, 1.82) is 0 Å². The van der Waals surface area contributed by atoms with E-state index in [0.717, 1.165) is 12.8 Å². The molecular weight excluding hydrogens is 268 g/mol. The van der Waals surface area contributed by atoms with E-state index in [2.05, 4.69) is 39.3 Å². The van der Waals surface area contributed by atoms with E-state index >= 15 is 0 Å². The van der Waals surface area contributed by atoms with Gasteiger partial charge in [0.1, 0.15) is 11.5 Å². The first-order valence-electron chi connectivity index (χ1n) is 7.77. The summed E-state index contributed by atoms with van der Waals surface area (Å²) in [6.45, 7) is 13.6. The minimum absolute atomic E-state index is 1.07. The number of allylic oxidation sites excluding steroid dienone is 2. The van der Waals surface area contributed by atoms with Gasteiger partial charge in [-0.25, -0.2) is 0 Å². The summed E-state index contributed by atoms with van der Waals surface area (Å²) < 4.78 is 12.7. The van der Waals surface area contributed by atoms with E-state index in [1.807, 2.05) is 0 Å². The number of hydrogen-bond acceptors (Lipinski definition) is 2. The van der Waals surface area contributed by atoms with Crippen LogP contribution < -0.4 is 0 Å². The van der Waals surface area contributed by atoms with Crippen molar-refractivity contribution < 1.29 is 8.85 Å². The molecule has 0 saturated carbocycles. The van der Waals surface area contributed by atoms with Crippen molar-refractivity contribution in [2.75, 3.05) is 0 Å². The average Bonchev–Trinajstić information content (AvgIpc) is 2.29. The summed E-state index contributed by atoms with van der Waals surface area (Å²) >= 11 is 0. The Balaban J connectivity index is 2.92. The fourth-order valence-electron chi connectivity index (χ4n) is 2.34. The molecule has 0 aromatic carbocycles. The second-order valence-electron chi connectivity index (χ2n) is 7.54. The van der Waals surface area contributed by atoms with Crippen molar-refractivity contribution in [3.8, 4) is 0 Å². The molecule has 2 nitrogen and oxygen atoms in total. The van der Waals surface area contributed by atoms with Crippen LogP contribution in [0.15, 0.2) is 11.5 Å². The molecule has 0 aromatic rings. The van der Waals surface area contributed by atoms with Gasteiger partial charge in [0.15, 0.2) is 0 Å². The van der Waals surface area contributed by atoms with Gasteiger partial charge in [0.25, 0.3) is 0 Å². The summed E-state index contributed by atoms with van der Waals surface area (Å²) in [6.07, 6.45) is 8.67. The fraction of sp³-hybridized carbons (Fsp3) is 0.867. The summed E-state index contributed by atoms with van der Waals surface area (Å²) in [7, 11) is -3.08. The van der Waals surface area contributed by atoms with Gasteiger partial charge in [-0.05, 0) is 52.1 Å². The molecule has 0 bridgehead atoms. The Morgan fingerprint density at radius 3 is 1.21 bits per heavy atom. The lowest BCUT2D eigenvalue weighted by Gasteiger charge is -2.28. The Labute approximate surface area is 121 Å². The molecule has 1 aliphatic carbocycles. The minimum atomic E-state index is -1.54. The van der Waals surface area contributed by atoms with Crippen LogP contribution in [-0.4, -0.2) is 16.6 Å². The molecule has 19 heavy (non-hydrogen) atoms. The number of hydrogen-bond donors (Lipinski definition) is 0. The molecule has 1 aliphatic rings. The van der Waals surface area contributed by atoms with Crippen molar-refractivity contribution in [2.24, 2.45) is 0 Å². The zero-order chi connectivity index (χ0) is 14.5. The SMILES string of the molecule is C[Si](C)(C)O/C1=C(\O[Si](C)(C)C)CCCCCCC1. The highest BCUT2D eigenvalue weighted by molar-refractivity contribution is 6.70. The van der Waals surface area contributed by atoms with Gasteiger partial charge >= 0.3 is 0 Å². The monoisotopic (exact) mass is 300 g/mol. The van der Waals surface area contributed by atoms with Crippen LogP contribution in [0.4, 0.5) is 0 Å². The van der Waals surface area contributed by atoms with Crippen LogP contribution in [0.3, 0.4) is 0 Å². The molecule has 0 aliphatic heterocycles. The first-order valence-corrected chi connectivity index (χ1v) is 14.6. The zero-order valence-corrected chi connectivity index (χ0v) is 15.8. The van der Waals surface area contributed by atoms with Crippen molar-refractivity contribution in [1.82, 2.24) is 0 Å². The molecular formula is C15H32O2Si2. The van der Waals surface area contributed by atoms with Gasteiger partial charge in [-0.2, -0.15) is 0 Å². The molecule has 0 spiro atoms. The lowest BCUT2D eigenvalue weighted by Crippen LogP contribution is -2.29. The summed E-state index contributed by atoms with van der Waals surface area (Å²) in [5.41, 5.74) is 0. The Hall–Kier alpha value is -0.226. The zero-order valence-electron chi connectivity index (χ0n) is 13.8. The standard InChI is InChI=1S/C15H32O2Si2/c1-18(2,3)16-14-12-10-8-7-9-11-13-15(14)17-19(4,5)6/h7-13H2,1-6H3/b15-14-. The van der Waals surface area contributed by atoms with Crippen molar-refractivity contribution in [2.45, 2.75) is 84.2 Å². The van der Waals surface area contributed by atoms with Crippen molar-refractivity contribution in [3.05, 3.63) is 11.5 Å². The lowest BCUT2D eigenvalue weighted by molar-refractivity contribution is 0.313. The first kappa shape index (κ1) is 16.8. The highest BCUT2D eigenvalue weighted by Gasteiger charge is 2.25. The van der Waals surface area contributed by atoms with Gasteiger partial charge in [0.2, 0.25) is 16.6 Å². The molecule has 0 fully saturated rings. The third-order valence-electron chi connectivity index (χ3n) is 2.98. The van der Waals surface area contributed by atoms with Crippen LogP contribution in [0.25, 0.3) is 0 Å². The quantitative estimate of drug-likeness (QED) is 0.625. The van der Waals surface area contributed by atoms with E-state index in [1.54, 1.807) is 0 Å². The van der Waals surface area contributed by atoms with Crippen LogP contribution in [0.1, 0.15) is 44.9 Å². The molecule has 0 radical (unpaired) electrons. The molecule has 1 rings (SSSR count). The van der Waals surface area contributed by atoms with Gasteiger partial charge < -0.3 is 8.85 Å². The van der Waals surface area contributed by atoms with Crippen molar-refractivity contribution in [3.63, 3.8) is 0 Å². The van der Waals surface area contributed by atoms with Crippen LogP contribution in [0.2, 0.25) is 39.3 Å². The molecule has 0 atom stereocenters. The Morgan fingerprint density at radius 2 is 0.895 bits per heavy atom. The number of rotatable bonds is 4. The largest absolute Gasteiger partial charge is 0.545 e. The molecule has 0 heterocycles.